The van der Waals surface area contributed by atoms with E-state index >= 15 is 0 Å². The van der Waals surface area contributed by atoms with E-state index in [-0.39, 0.29) is 5.41 Å². The summed E-state index contributed by atoms with van der Waals surface area (Å²) in [4.78, 5) is 10.8. The standard InChI is InChI=1S/C23H21N3O/c1-23(18-9-4-2-5-10-18)14-13-20-21(17-23)26(15-8-16-27)25-22(20)24-19-11-6-3-7-12-19/h2-16H,17H2,1H3,(H,24,25). The normalized spacial score (nSPS) is 18.4. The van der Waals surface area contributed by atoms with E-state index < -0.39 is 0 Å². The lowest BCUT2D eigenvalue weighted by Gasteiger charge is -2.30. The number of anilines is 2. The van der Waals surface area contributed by atoms with E-state index in [1.165, 1.54) is 11.6 Å². The molecule has 0 spiro atoms. The van der Waals surface area contributed by atoms with E-state index in [2.05, 4.69) is 48.7 Å². The highest BCUT2D eigenvalue weighted by Crippen LogP contribution is 2.38. The first-order valence-corrected chi connectivity index (χ1v) is 9.00. The Bertz CT molecular complexity index is 1000. The fraction of sp³-hybridized carbons (Fsp3) is 0.130. The van der Waals surface area contributed by atoms with Crippen LogP contribution in [0.3, 0.4) is 0 Å². The first-order chi connectivity index (χ1) is 13.2. The van der Waals surface area contributed by atoms with Crippen molar-refractivity contribution in [3.8, 4) is 0 Å². The van der Waals surface area contributed by atoms with Gasteiger partial charge in [0, 0.05) is 29.3 Å². The van der Waals surface area contributed by atoms with Crippen LogP contribution in [0.5, 0.6) is 0 Å². The molecule has 1 N–H and O–H groups in total. The Morgan fingerprint density at radius 3 is 2.48 bits per heavy atom. The SMILES string of the molecule is CC1(c2ccccc2)C=Cc2c(Nc3ccccc3)nn(C=CC=O)c2C1. The van der Waals surface area contributed by atoms with Crippen LogP contribution >= 0.6 is 0 Å². The van der Waals surface area contributed by atoms with Crippen molar-refractivity contribution in [1.82, 2.24) is 9.78 Å². The molecule has 0 bridgehead atoms. The molecule has 0 radical (unpaired) electrons. The van der Waals surface area contributed by atoms with Crippen LogP contribution < -0.4 is 5.32 Å². The van der Waals surface area contributed by atoms with Gasteiger partial charge in [0.15, 0.2) is 5.82 Å². The van der Waals surface area contributed by atoms with Gasteiger partial charge in [-0.25, -0.2) is 4.68 Å². The minimum Gasteiger partial charge on any atom is -0.338 e. The summed E-state index contributed by atoms with van der Waals surface area (Å²) in [7, 11) is 0. The third-order valence-electron chi connectivity index (χ3n) is 4.98. The second-order valence-electron chi connectivity index (χ2n) is 6.92. The van der Waals surface area contributed by atoms with E-state index in [0.29, 0.717) is 0 Å². The lowest BCUT2D eigenvalue weighted by atomic mass is 9.75. The van der Waals surface area contributed by atoms with Crippen LogP contribution in [0, 0.1) is 0 Å². The van der Waals surface area contributed by atoms with Crippen molar-refractivity contribution in [3.05, 3.63) is 89.6 Å². The fourth-order valence-corrected chi connectivity index (χ4v) is 3.52. The molecule has 27 heavy (non-hydrogen) atoms. The van der Waals surface area contributed by atoms with Gasteiger partial charge in [-0.15, -0.1) is 5.10 Å². The summed E-state index contributed by atoms with van der Waals surface area (Å²) < 4.78 is 1.81. The largest absolute Gasteiger partial charge is 0.338 e. The van der Waals surface area contributed by atoms with Crippen molar-refractivity contribution in [3.63, 3.8) is 0 Å². The number of benzene rings is 2. The molecule has 3 aromatic rings. The number of aldehydes is 1. The zero-order chi connectivity index (χ0) is 18.7. The topological polar surface area (TPSA) is 46.9 Å². The molecule has 0 saturated heterocycles. The minimum absolute atomic E-state index is 0.120. The van der Waals surface area contributed by atoms with Crippen LogP contribution in [-0.4, -0.2) is 16.1 Å². The first kappa shape index (κ1) is 17.0. The zero-order valence-electron chi connectivity index (χ0n) is 15.2. The second kappa shape index (κ2) is 7.08. The monoisotopic (exact) mass is 355 g/mol. The van der Waals surface area contributed by atoms with Gasteiger partial charge in [-0.3, -0.25) is 4.79 Å². The molecule has 4 heteroatoms. The lowest BCUT2D eigenvalue weighted by molar-refractivity contribution is -0.104. The third kappa shape index (κ3) is 3.34. The molecular weight excluding hydrogens is 334 g/mol. The van der Waals surface area contributed by atoms with Crippen molar-refractivity contribution < 1.29 is 4.79 Å². The molecule has 1 aromatic heterocycles. The maximum atomic E-state index is 10.8. The average Bonchev–Trinajstić information content (AvgIpc) is 3.04. The van der Waals surface area contributed by atoms with Gasteiger partial charge in [0.05, 0.1) is 5.69 Å². The first-order valence-electron chi connectivity index (χ1n) is 9.00. The van der Waals surface area contributed by atoms with Gasteiger partial charge in [-0.1, -0.05) is 67.6 Å². The number of hydrogen-bond donors (Lipinski definition) is 1. The quantitative estimate of drug-likeness (QED) is 0.527. The second-order valence-corrected chi connectivity index (χ2v) is 6.92. The van der Waals surface area contributed by atoms with Crippen molar-refractivity contribution >= 4 is 30.1 Å². The molecule has 1 heterocycles. The van der Waals surface area contributed by atoms with Crippen LogP contribution in [0.4, 0.5) is 11.5 Å². The van der Waals surface area contributed by atoms with Gasteiger partial charge in [0.1, 0.15) is 6.29 Å². The summed E-state index contributed by atoms with van der Waals surface area (Å²) in [5, 5.41) is 8.08. The molecule has 4 nitrogen and oxygen atoms in total. The summed E-state index contributed by atoms with van der Waals surface area (Å²) in [6, 6.07) is 20.4. The zero-order valence-corrected chi connectivity index (χ0v) is 15.2. The third-order valence-corrected chi connectivity index (χ3v) is 4.98. The molecule has 2 aromatic carbocycles. The van der Waals surface area contributed by atoms with Crippen LogP contribution in [0.25, 0.3) is 12.3 Å². The summed E-state index contributed by atoms with van der Waals surface area (Å²) in [5.74, 6) is 0.790. The summed E-state index contributed by atoms with van der Waals surface area (Å²) >= 11 is 0. The molecule has 4 rings (SSSR count). The highest BCUT2D eigenvalue weighted by atomic mass is 16.1. The predicted molar refractivity (Wildman–Crippen MR) is 110 cm³/mol. The molecular formula is C23H21N3O. The highest BCUT2D eigenvalue weighted by molar-refractivity contribution is 5.75. The van der Waals surface area contributed by atoms with Crippen LogP contribution in [-0.2, 0) is 16.6 Å². The lowest BCUT2D eigenvalue weighted by Crippen LogP contribution is -2.26. The van der Waals surface area contributed by atoms with E-state index in [1.807, 2.05) is 36.4 Å². The summed E-state index contributed by atoms with van der Waals surface area (Å²) in [5.41, 5.74) is 4.26. The number of fused-ring (bicyclic) bond motifs is 1. The molecule has 0 fully saturated rings. The van der Waals surface area contributed by atoms with E-state index in [9.17, 15) is 4.79 Å². The molecule has 0 aliphatic heterocycles. The number of nitrogens with zero attached hydrogens (tertiary/aromatic N) is 2. The predicted octanol–water partition coefficient (Wildman–Crippen LogP) is 4.82. The van der Waals surface area contributed by atoms with E-state index in [0.717, 1.165) is 35.5 Å². The number of rotatable bonds is 5. The van der Waals surface area contributed by atoms with Crippen molar-refractivity contribution in [2.45, 2.75) is 18.8 Å². The summed E-state index contributed by atoms with van der Waals surface area (Å²) in [6.45, 7) is 2.23. The van der Waals surface area contributed by atoms with Gasteiger partial charge in [-0.2, -0.15) is 0 Å². The number of aromatic nitrogens is 2. The van der Waals surface area contributed by atoms with Gasteiger partial charge < -0.3 is 5.32 Å². The number of allylic oxidation sites excluding steroid dienone is 2. The van der Waals surface area contributed by atoms with Crippen LogP contribution in [0.15, 0.2) is 72.8 Å². The smallest absolute Gasteiger partial charge is 0.160 e. The molecule has 1 unspecified atom stereocenters. The van der Waals surface area contributed by atoms with Gasteiger partial charge in [0.2, 0.25) is 0 Å². The highest BCUT2D eigenvalue weighted by Gasteiger charge is 2.31. The van der Waals surface area contributed by atoms with Crippen LogP contribution in [0.1, 0.15) is 23.7 Å². The van der Waals surface area contributed by atoms with Crippen molar-refractivity contribution in [2.75, 3.05) is 5.32 Å². The Kier molecular flexibility index (Phi) is 4.47. The Balaban J connectivity index is 1.76. The van der Waals surface area contributed by atoms with Crippen molar-refractivity contribution in [1.29, 1.82) is 0 Å². The Morgan fingerprint density at radius 1 is 1.07 bits per heavy atom. The molecule has 1 aliphatic carbocycles. The Morgan fingerprint density at radius 2 is 1.78 bits per heavy atom. The molecule has 0 amide bonds. The maximum Gasteiger partial charge on any atom is 0.160 e. The maximum absolute atomic E-state index is 10.8. The summed E-state index contributed by atoms with van der Waals surface area (Å²) in [6.07, 6.45) is 9.14. The number of nitrogens with one attached hydrogen (secondary N) is 1. The van der Waals surface area contributed by atoms with Gasteiger partial charge in [-0.05, 0) is 23.8 Å². The molecule has 1 atom stereocenters. The fourth-order valence-electron chi connectivity index (χ4n) is 3.52. The van der Waals surface area contributed by atoms with Gasteiger partial charge in [0.25, 0.3) is 0 Å². The van der Waals surface area contributed by atoms with Crippen molar-refractivity contribution in [2.24, 2.45) is 0 Å². The van der Waals surface area contributed by atoms with Crippen LogP contribution in [0.2, 0.25) is 0 Å². The minimum atomic E-state index is -0.120. The number of carbonyl (C=O) groups excluding carboxylic acids is 1. The Labute approximate surface area is 158 Å². The molecule has 134 valence electrons. The molecule has 0 saturated carbocycles. The van der Waals surface area contributed by atoms with Gasteiger partial charge >= 0.3 is 0 Å². The average molecular weight is 355 g/mol. The Hall–Kier alpha value is -3.40. The van der Waals surface area contributed by atoms with E-state index in [4.69, 9.17) is 5.10 Å². The molecule has 1 aliphatic rings. The number of carbonyl (C=O) groups is 1. The number of hydrogen-bond acceptors (Lipinski definition) is 3. The van der Waals surface area contributed by atoms with E-state index in [1.54, 1.807) is 10.9 Å². The number of para-hydroxylation sites is 1.